The number of hydrogen-bond donors (Lipinski definition) is 0. The highest BCUT2D eigenvalue weighted by atomic mass is 32.2. The Bertz CT molecular complexity index is 653. The highest BCUT2D eigenvalue weighted by molar-refractivity contribution is 7.91. The lowest BCUT2D eigenvalue weighted by Crippen LogP contribution is -2.10. The minimum absolute atomic E-state index is 0.00820. The van der Waals surface area contributed by atoms with Crippen molar-refractivity contribution in [3.8, 4) is 5.75 Å². The van der Waals surface area contributed by atoms with E-state index in [-0.39, 0.29) is 16.2 Å². The van der Waals surface area contributed by atoms with E-state index in [4.69, 9.17) is 4.74 Å². The van der Waals surface area contributed by atoms with Gasteiger partial charge in [0.05, 0.1) is 12.0 Å². The second kappa shape index (κ2) is 5.40. The molecule has 0 fully saturated rings. The van der Waals surface area contributed by atoms with Crippen LogP contribution in [-0.4, -0.2) is 15.5 Å². The van der Waals surface area contributed by atoms with Crippen LogP contribution < -0.4 is 4.74 Å². The van der Waals surface area contributed by atoms with Gasteiger partial charge in [-0.15, -0.1) is 0 Å². The number of rotatable bonds is 4. The number of hydrogen-bond acceptors (Lipinski definition) is 3. The summed E-state index contributed by atoms with van der Waals surface area (Å²) >= 11 is 0. The van der Waals surface area contributed by atoms with Crippen LogP contribution in [0.3, 0.4) is 0 Å². The predicted octanol–water partition coefficient (Wildman–Crippen LogP) is 3.14. The zero-order chi connectivity index (χ0) is 13.9. The largest absolute Gasteiger partial charge is 0.496 e. The molecule has 0 heterocycles. The van der Waals surface area contributed by atoms with Crippen molar-refractivity contribution < 1.29 is 17.5 Å². The third-order valence-electron chi connectivity index (χ3n) is 2.73. The molecule has 100 valence electrons. The molecule has 3 nitrogen and oxygen atoms in total. The van der Waals surface area contributed by atoms with Crippen LogP contribution in [0.4, 0.5) is 4.39 Å². The monoisotopic (exact) mass is 280 g/mol. The smallest absolute Gasteiger partial charge is 0.233 e. The van der Waals surface area contributed by atoms with Crippen LogP contribution in [0.2, 0.25) is 0 Å². The normalized spacial score (nSPS) is 12.9. The van der Waals surface area contributed by atoms with Crippen molar-refractivity contribution in [1.29, 1.82) is 0 Å². The summed E-state index contributed by atoms with van der Waals surface area (Å²) in [6.45, 7) is 0. The molecule has 0 aliphatic carbocycles. The molecule has 0 aliphatic heterocycles. The summed E-state index contributed by atoms with van der Waals surface area (Å²) in [5.74, 6) is 0.217. The maximum atomic E-state index is 14.4. The Morgan fingerprint density at radius 2 is 1.58 bits per heavy atom. The quantitative estimate of drug-likeness (QED) is 0.864. The van der Waals surface area contributed by atoms with Crippen molar-refractivity contribution in [3.05, 3.63) is 60.2 Å². The Morgan fingerprint density at radius 1 is 1.00 bits per heavy atom. The maximum Gasteiger partial charge on any atom is 0.233 e. The van der Waals surface area contributed by atoms with Crippen LogP contribution in [0, 0.1) is 0 Å². The average Bonchev–Trinajstić information content (AvgIpc) is 2.47. The molecule has 0 amide bonds. The molecule has 2 aromatic rings. The number of alkyl halides is 1. The molecule has 0 bridgehead atoms. The van der Waals surface area contributed by atoms with E-state index in [0.717, 1.165) is 0 Å². The van der Waals surface area contributed by atoms with Crippen LogP contribution >= 0.6 is 0 Å². The Kier molecular flexibility index (Phi) is 3.85. The zero-order valence-electron chi connectivity index (χ0n) is 10.3. The van der Waals surface area contributed by atoms with Gasteiger partial charge in [-0.3, -0.25) is 0 Å². The standard InChI is InChI=1S/C14H13FO3S/c1-18-13-10-6-5-9-12(13)14(15)19(16,17)11-7-3-2-4-8-11/h2-10,14H,1H3. The molecule has 2 aromatic carbocycles. The molecular weight excluding hydrogens is 267 g/mol. The van der Waals surface area contributed by atoms with Crippen molar-refractivity contribution in [2.75, 3.05) is 7.11 Å². The van der Waals surface area contributed by atoms with Crippen LogP contribution in [0.15, 0.2) is 59.5 Å². The molecule has 1 atom stereocenters. The van der Waals surface area contributed by atoms with Crippen LogP contribution in [0.25, 0.3) is 0 Å². The Labute approximate surface area is 111 Å². The maximum absolute atomic E-state index is 14.4. The van der Waals surface area contributed by atoms with E-state index in [1.807, 2.05) is 0 Å². The Balaban J connectivity index is 2.47. The van der Waals surface area contributed by atoms with E-state index >= 15 is 0 Å². The fourth-order valence-corrected chi connectivity index (χ4v) is 3.06. The molecule has 0 N–H and O–H groups in total. The van der Waals surface area contributed by atoms with E-state index < -0.39 is 15.3 Å². The number of sulfone groups is 1. The molecule has 0 radical (unpaired) electrons. The van der Waals surface area contributed by atoms with Gasteiger partial charge in [-0.05, 0) is 18.2 Å². The summed E-state index contributed by atoms with van der Waals surface area (Å²) in [7, 11) is -2.70. The summed E-state index contributed by atoms with van der Waals surface area (Å²) in [5, 5.41) is 0. The molecule has 0 saturated carbocycles. The van der Waals surface area contributed by atoms with Crippen molar-refractivity contribution in [2.24, 2.45) is 0 Å². The lowest BCUT2D eigenvalue weighted by atomic mass is 10.2. The van der Waals surface area contributed by atoms with Crippen molar-refractivity contribution >= 4 is 9.84 Å². The van der Waals surface area contributed by atoms with Crippen LogP contribution in [0.5, 0.6) is 5.75 Å². The van der Waals surface area contributed by atoms with E-state index in [9.17, 15) is 12.8 Å². The first-order valence-electron chi connectivity index (χ1n) is 5.63. The Morgan fingerprint density at radius 3 is 2.21 bits per heavy atom. The van der Waals surface area contributed by atoms with E-state index in [2.05, 4.69) is 0 Å². The predicted molar refractivity (Wildman–Crippen MR) is 70.5 cm³/mol. The van der Waals surface area contributed by atoms with Gasteiger partial charge < -0.3 is 4.74 Å². The topological polar surface area (TPSA) is 43.4 Å². The summed E-state index contributed by atoms with van der Waals surface area (Å²) in [6.07, 6.45) is 0. The van der Waals surface area contributed by atoms with Crippen LogP contribution in [-0.2, 0) is 9.84 Å². The summed E-state index contributed by atoms with van der Waals surface area (Å²) < 4.78 is 43.7. The average molecular weight is 280 g/mol. The van der Waals surface area contributed by atoms with Crippen molar-refractivity contribution in [1.82, 2.24) is 0 Å². The SMILES string of the molecule is COc1ccccc1C(F)S(=O)(=O)c1ccccc1. The van der Waals surface area contributed by atoms with E-state index in [1.54, 1.807) is 30.3 Å². The third kappa shape index (κ3) is 2.61. The summed E-state index contributed by atoms with van der Waals surface area (Å²) in [5.41, 5.74) is -2.14. The molecule has 0 aromatic heterocycles. The molecule has 5 heteroatoms. The molecular formula is C14H13FO3S. The lowest BCUT2D eigenvalue weighted by Gasteiger charge is -2.13. The first kappa shape index (κ1) is 13.5. The van der Waals surface area contributed by atoms with Gasteiger partial charge in [0.15, 0.2) is 0 Å². The summed E-state index contributed by atoms with van der Waals surface area (Å²) in [4.78, 5) is -0.0478. The van der Waals surface area contributed by atoms with Gasteiger partial charge in [0.2, 0.25) is 15.3 Å². The van der Waals surface area contributed by atoms with Crippen LogP contribution in [0.1, 0.15) is 11.1 Å². The fraction of sp³-hybridized carbons (Fsp3) is 0.143. The second-order valence-corrected chi connectivity index (χ2v) is 5.89. The van der Waals surface area contributed by atoms with E-state index in [1.165, 1.54) is 31.4 Å². The minimum Gasteiger partial charge on any atom is -0.496 e. The highest BCUT2D eigenvalue weighted by Crippen LogP contribution is 2.35. The first-order valence-corrected chi connectivity index (χ1v) is 7.18. The van der Waals surface area contributed by atoms with Gasteiger partial charge in [-0.25, -0.2) is 12.8 Å². The number of benzene rings is 2. The lowest BCUT2D eigenvalue weighted by molar-refractivity contribution is 0.381. The van der Waals surface area contributed by atoms with E-state index in [0.29, 0.717) is 0 Å². The molecule has 1 unspecified atom stereocenters. The number of methoxy groups -OCH3 is 1. The third-order valence-corrected chi connectivity index (χ3v) is 4.46. The molecule has 2 rings (SSSR count). The second-order valence-electron chi connectivity index (χ2n) is 3.92. The van der Waals surface area contributed by atoms with Gasteiger partial charge in [-0.2, -0.15) is 0 Å². The van der Waals surface area contributed by atoms with Crippen molar-refractivity contribution in [2.45, 2.75) is 10.4 Å². The van der Waals surface area contributed by atoms with Gasteiger partial charge in [0.1, 0.15) is 5.75 Å². The summed E-state index contributed by atoms with van der Waals surface area (Å²) in [6, 6.07) is 13.7. The number of halogens is 1. The minimum atomic E-state index is -4.07. The number of para-hydroxylation sites is 1. The first-order chi connectivity index (χ1) is 9.07. The van der Waals surface area contributed by atoms with Gasteiger partial charge >= 0.3 is 0 Å². The molecule has 0 spiro atoms. The molecule has 19 heavy (non-hydrogen) atoms. The van der Waals surface area contributed by atoms with Gasteiger partial charge in [0, 0.05) is 5.56 Å². The zero-order valence-corrected chi connectivity index (χ0v) is 11.1. The molecule has 0 saturated heterocycles. The number of ether oxygens (including phenoxy) is 1. The van der Waals surface area contributed by atoms with Gasteiger partial charge in [-0.1, -0.05) is 36.4 Å². The fourth-order valence-electron chi connectivity index (χ4n) is 1.75. The molecule has 0 aliphatic rings. The van der Waals surface area contributed by atoms with Gasteiger partial charge in [0.25, 0.3) is 0 Å². The highest BCUT2D eigenvalue weighted by Gasteiger charge is 2.30. The van der Waals surface area contributed by atoms with Crippen molar-refractivity contribution in [3.63, 3.8) is 0 Å². The Hall–Kier alpha value is -1.88.